The molecule has 4 amide bonds. The quantitative estimate of drug-likeness (QED) is 0.125. The van der Waals surface area contributed by atoms with E-state index < -0.39 is 24.3 Å². The van der Waals surface area contributed by atoms with Crippen LogP contribution in [0.3, 0.4) is 0 Å². The topological polar surface area (TPSA) is 177 Å². The minimum atomic E-state index is -1.12. The monoisotopic (exact) mass is 766 g/mol. The first-order valence-electron chi connectivity index (χ1n) is 19.5. The Morgan fingerprint density at radius 1 is 0.786 bits per heavy atom. The van der Waals surface area contributed by atoms with Gasteiger partial charge in [-0.2, -0.15) is 0 Å². The lowest BCUT2D eigenvalue weighted by Crippen LogP contribution is -2.51. The van der Waals surface area contributed by atoms with Gasteiger partial charge in [0, 0.05) is 31.4 Å². The number of carbonyl (C=O) groups excluding carboxylic acids is 3. The lowest BCUT2D eigenvalue weighted by atomic mass is 10.0. The van der Waals surface area contributed by atoms with Crippen LogP contribution in [0, 0.1) is 25.7 Å². The predicted octanol–water partition coefficient (Wildman–Crippen LogP) is 7.09. The largest absolute Gasteiger partial charge is 0.465 e. The normalized spacial score (nSPS) is 18.0. The molecule has 2 aliphatic rings. The van der Waals surface area contributed by atoms with Crippen LogP contribution < -0.4 is 5.32 Å². The Morgan fingerprint density at radius 3 is 1.82 bits per heavy atom. The molecule has 0 bridgehead atoms. The molecular weight excluding hydrogens is 713 g/mol. The molecule has 14 heteroatoms. The summed E-state index contributed by atoms with van der Waals surface area (Å²) in [6.45, 7) is 12.6. The number of nitrogens with one attached hydrogen (secondary N) is 3. The van der Waals surface area contributed by atoms with Gasteiger partial charge in [0.15, 0.2) is 0 Å². The zero-order valence-electron chi connectivity index (χ0n) is 33.6. The fourth-order valence-corrected chi connectivity index (χ4v) is 8.19. The summed E-state index contributed by atoms with van der Waals surface area (Å²) in [6.07, 6.45) is 1.44. The van der Waals surface area contributed by atoms with Gasteiger partial charge in [0.1, 0.15) is 23.7 Å². The zero-order valence-corrected chi connectivity index (χ0v) is 33.6. The number of H-pyrrole nitrogens is 2. The molecule has 298 valence electrons. The van der Waals surface area contributed by atoms with E-state index in [2.05, 4.69) is 63.8 Å². The third-order valence-corrected chi connectivity index (χ3v) is 11.2. The first-order valence-corrected chi connectivity index (χ1v) is 19.5. The van der Waals surface area contributed by atoms with Gasteiger partial charge in [-0.15, -0.1) is 0 Å². The maximum Gasteiger partial charge on any atom is 0.407 e. The Bertz CT molecular complexity index is 2050. The second-order valence-corrected chi connectivity index (χ2v) is 15.7. The number of aromatic amines is 2. The highest BCUT2D eigenvalue weighted by atomic mass is 16.5. The summed E-state index contributed by atoms with van der Waals surface area (Å²) in [5.41, 5.74) is 7.49. The molecule has 0 saturated carbocycles. The number of ether oxygens (including phenoxy) is 1. The number of alkyl carbamates (subject to hydrolysis) is 1. The summed E-state index contributed by atoms with van der Waals surface area (Å²) in [5.74, 6) is 0.823. The van der Waals surface area contributed by atoms with E-state index in [0.717, 1.165) is 81.4 Å². The van der Waals surface area contributed by atoms with Gasteiger partial charge in [0.05, 0.1) is 36.3 Å². The fourth-order valence-electron chi connectivity index (χ4n) is 8.19. The molecule has 14 nitrogen and oxygen atoms in total. The van der Waals surface area contributed by atoms with Crippen LogP contribution in [0.25, 0.3) is 33.6 Å². The SMILES string of the molecule is COC(=O)N[C@H](C(=O)N1CCC[C@H]1c1nc(C)c(-c2ccc(-c3ccc(-c4nc([C@@H]5CCCN5C(=O)[C@H](C(C)C)N(C)C(=O)O)[nH]c4C)cc3)cc2)[nH]1)C(C)C. The highest BCUT2D eigenvalue weighted by molar-refractivity contribution is 5.87. The molecule has 2 aromatic heterocycles. The average molecular weight is 767 g/mol. The van der Waals surface area contributed by atoms with Crippen molar-refractivity contribution >= 4 is 24.0 Å². The number of carbonyl (C=O) groups is 4. The van der Waals surface area contributed by atoms with Crippen LogP contribution in [0.15, 0.2) is 48.5 Å². The van der Waals surface area contributed by atoms with Crippen LogP contribution in [-0.2, 0) is 14.3 Å². The number of amides is 4. The van der Waals surface area contributed by atoms with Crippen LogP contribution in [0.5, 0.6) is 0 Å². The number of benzene rings is 2. The lowest BCUT2D eigenvalue weighted by molar-refractivity contribution is -0.138. The van der Waals surface area contributed by atoms with E-state index in [1.165, 1.54) is 14.2 Å². The van der Waals surface area contributed by atoms with Gasteiger partial charge in [-0.1, -0.05) is 76.2 Å². The van der Waals surface area contributed by atoms with E-state index in [1.807, 2.05) is 46.4 Å². The van der Waals surface area contributed by atoms with Crippen molar-refractivity contribution in [3.8, 4) is 33.6 Å². The minimum absolute atomic E-state index is 0.111. The van der Waals surface area contributed by atoms with Gasteiger partial charge < -0.3 is 34.9 Å². The van der Waals surface area contributed by atoms with Crippen molar-refractivity contribution in [3.05, 3.63) is 71.6 Å². The minimum Gasteiger partial charge on any atom is -0.465 e. The number of rotatable bonds is 11. The van der Waals surface area contributed by atoms with E-state index in [-0.39, 0.29) is 35.7 Å². The Morgan fingerprint density at radius 2 is 1.30 bits per heavy atom. The highest BCUT2D eigenvalue weighted by Gasteiger charge is 2.40. The second kappa shape index (κ2) is 16.6. The number of likely N-dealkylation sites (N-methyl/N-ethyl adjacent to an activating group) is 1. The van der Waals surface area contributed by atoms with Crippen molar-refractivity contribution in [2.75, 3.05) is 27.2 Å². The number of likely N-dealkylation sites (tertiary alicyclic amines) is 2. The summed E-state index contributed by atoms with van der Waals surface area (Å²) in [4.78, 5) is 72.5. The van der Waals surface area contributed by atoms with Gasteiger partial charge in [0.2, 0.25) is 11.8 Å². The molecule has 0 spiro atoms. The van der Waals surface area contributed by atoms with Crippen LogP contribution >= 0.6 is 0 Å². The summed E-state index contributed by atoms with van der Waals surface area (Å²) in [5, 5.41) is 12.3. The summed E-state index contributed by atoms with van der Waals surface area (Å²) >= 11 is 0. The van der Waals surface area contributed by atoms with E-state index in [0.29, 0.717) is 18.9 Å². The molecule has 56 heavy (non-hydrogen) atoms. The molecule has 0 unspecified atom stereocenters. The number of hydrogen-bond donors (Lipinski definition) is 4. The molecule has 2 aliphatic heterocycles. The number of imidazole rings is 2. The van der Waals surface area contributed by atoms with Gasteiger partial charge in [-0.05, 0) is 68.1 Å². The second-order valence-electron chi connectivity index (χ2n) is 15.7. The Balaban J connectivity index is 1.15. The molecule has 4 heterocycles. The van der Waals surface area contributed by atoms with Crippen LogP contribution in [0.2, 0.25) is 0 Å². The Kier molecular flexibility index (Phi) is 11.9. The Labute approximate surface area is 328 Å². The van der Waals surface area contributed by atoms with E-state index >= 15 is 0 Å². The molecule has 4 atom stereocenters. The molecule has 0 radical (unpaired) electrons. The lowest BCUT2D eigenvalue weighted by Gasteiger charge is -2.33. The average Bonchev–Trinajstić information content (AvgIpc) is 4.00. The first-order chi connectivity index (χ1) is 26.7. The third kappa shape index (κ3) is 8.00. The molecule has 4 aromatic rings. The number of aryl methyl sites for hydroxylation is 2. The van der Waals surface area contributed by atoms with Gasteiger partial charge >= 0.3 is 12.2 Å². The zero-order chi connectivity index (χ0) is 40.4. The van der Waals surface area contributed by atoms with E-state index in [4.69, 9.17) is 14.7 Å². The highest BCUT2D eigenvalue weighted by Crippen LogP contribution is 2.37. The number of nitrogens with zero attached hydrogens (tertiary/aromatic N) is 5. The third-order valence-electron chi connectivity index (χ3n) is 11.2. The summed E-state index contributed by atoms with van der Waals surface area (Å²) in [7, 11) is 2.74. The molecule has 2 saturated heterocycles. The maximum atomic E-state index is 13.7. The van der Waals surface area contributed by atoms with E-state index in [1.54, 1.807) is 4.90 Å². The van der Waals surface area contributed by atoms with Crippen molar-refractivity contribution in [1.82, 2.24) is 40.0 Å². The molecule has 6 rings (SSSR count). The number of carboxylic acid groups (broad SMARTS) is 1. The number of hydrogen-bond acceptors (Lipinski definition) is 7. The van der Waals surface area contributed by atoms with Crippen LogP contribution in [-0.4, -0.2) is 103 Å². The molecular formula is C42H54N8O6. The molecule has 2 fully saturated rings. The van der Waals surface area contributed by atoms with Crippen LogP contribution in [0.1, 0.15) is 88.5 Å². The van der Waals surface area contributed by atoms with Crippen LogP contribution in [0.4, 0.5) is 9.59 Å². The van der Waals surface area contributed by atoms with Crippen molar-refractivity contribution < 1.29 is 29.0 Å². The summed E-state index contributed by atoms with van der Waals surface area (Å²) in [6, 6.07) is 14.6. The molecule has 4 N–H and O–H groups in total. The maximum absolute atomic E-state index is 13.7. The molecule has 0 aliphatic carbocycles. The van der Waals surface area contributed by atoms with Crippen molar-refractivity contribution in [2.45, 2.75) is 91.4 Å². The first kappa shape index (κ1) is 40.0. The predicted molar refractivity (Wildman–Crippen MR) is 212 cm³/mol. The Hall–Kier alpha value is -5.66. The number of aromatic nitrogens is 4. The van der Waals surface area contributed by atoms with Gasteiger partial charge in [-0.3, -0.25) is 14.5 Å². The van der Waals surface area contributed by atoms with E-state index in [9.17, 15) is 24.3 Å². The summed E-state index contributed by atoms with van der Waals surface area (Å²) < 4.78 is 4.77. The fraction of sp³-hybridized carbons (Fsp3) is 0.476. The standard InChI is InChI=1S/C42H54N8O6/c1-23(2)33(47-41(53)56-8)39(51)49-21-9-11-31(49)37-43-25(5)34(45-37)29-17-13-27(14-18-29)28-15-19-30(20-16-28)35-26(6)44-38(46-35)32-12-10-22-50(32)40(52)36(24(3)4)48(7)42(54)55/h13-20,23-24,31-33,36H,9-12,21-22H2,1-8H3,(H,43,45)(H,44,46)(H,47,53)(H,54,55)/t31-,32-,33-,36-/m0/s1. The number of methoxy groups -OCH3 is 1. The van der Waals surface area contributed by atoms with Gasteiger partial charge in [-0.25, -0.2) is 19.6 Å². The van der Waals surface area contributed by atoms with Gasteiger partial charge in [0.25, 0.3) is 0 Å². The smallest absolute Gasteiger partial charge is 0.407 e. The van der Waals surface area contributed by atoms with Crippen molar-refractivity contribution in [1.29, 1.82) is 0 Å². The molecule has 2 aromatic carbocycles. The van der Waals surface area contributed by atoms with Crippen molar-refractivity contribution in [3.63, 3.8) is 0 Å². The van der Waals surface area contributed by atoms with Crippen molar-refractivity contribution in [2.24, 2.45) is 11.8 Å².